The van der Waals surface area contributed by atoms with E-state index in [1.54, 1.807) is 0 Å². The summed E-state index contributed by atoms with van der Waals surface area (Å²) in [6.07, 6.45) is 10.2. The van der Waals surface area contributed by atoms with E-state index in [0.29, 0.717) is 0 Å². The zero-order valence-corrected chi connectivity index (χ0v) is 74.7. The van der Waals surface area contributed by atoms with Gasteiger partial charge in [0.15, 0.2) is 0 Å². The minimum Gasteiger partial charge on any atom is -0.744 e. The Labute approximate surface area is 734 Å². The van der Waals surface area contributed by atoms with E-state index in [9.17, 15) is 104 Å². The fourth-order valence-corrected chi connectivity index (χ4v) is 12.8. The monoisotopic (exact) mass is 1540 g/mol. The van der Waals surface area contributed by atoms with Crippen LogP contribution < -0.4 is 236 Å². The van der Waals surface area contributed by atoms with Crippen molar-refractivity contribution in [2.24, 2.45) is 0 Å². The Balaban J connectivity index is -0.000000572. The van der Waals surface area contributed by atoms with Gasteiger partial charge in [0.2, 0.25) is 0 Å². The molecule has 0 radical (unpaired) electrons. The van der Waals surface area contributed by atoms with Gasteiger partial charge in [-0.2, -0.15) is 0 Å². The minimum absolute atomic E-state index is 0. The molecule has 0 unspecified atom stereocenters. The molecule has 0 saturated carbocycles. The van der Waals surface area contributed by atoms with E-state index in [0.717, 1.165) is 48.5 Å². The molecule has 96 heavy (non-hydrogen) atoms. The van der Waals surface area contributed by atoms with Crippen LogP contribution in [-0.2, 0) is 80.9 Å². The molecule has 464 valence electrons. The first-order chi connectivity index (χ1) is 40.8. The second-order valence-electron chi connectivity index (χ2n) is 17.3. The normalized spacial score (nSPS) is 11.6. The van der Waals surface area contributed by atoms with Crippen LogP contribution in [0.25, 0.3) is 48.6 Å². The molecule has 0 N–H and O–H groups in total. The van der Waals surface area contributed by atoms with Crippen LogP contribution in [0.2, 0.25) is 0 Å². The quantitative estimate of drug-likeness (QED) is 0.0492. The molecule has 0 bridgehead atoms. The molecule has 0 aliphatic heterocycles. The topological polar surface area (TPSA) is 458 Å². The van der Waals surface area contributed by atoms with Crippen LogP contribution in [0.15, 0.2) is 233 Å². The van der Waals surface area contributed by atoms with Gasteiger partial charge in [0.25, 0.3) is 0 Å². The molecule has 0 amide bonds. The van der Waals surface area contributed by atoms with Crippen LogP contribution in [0.5, 0.6) is 0 Å². The molecule has 8 aromatic carbocycles. The summed E-state index contributed by atoms with van der Waals surface area (Å²) in [7, 11) is -37.3. The van der Waals surface area contributed by atoms with Gasteiger partial charge >= 0.3 is 236 Å². The van der Waals surface area contributed by atoms with E-state index in [1.807, 2.05) is 0 Å². The maximum absolute atomic E-state index is 11.2. The Morgan fingerprint density at radius 1 is 0.156 bits per heavy atom. The van der Waals surface area contributed by atoms with Crippen molar-refractivity contribution in [2.75, 3.05) is 0 Å². The van der Waals surface area contributed by atoms with Crippen molar-refractivity contribution in [2.45, 2.75) is 39.2 Å². The number of rotatable bonds is 16. The average Bonchev–Trinajstić information content (AvgIpc) is 0.851. The molecule has 24 nitrogen and oxygen atoms in total. The van der Waals surface area contributed by atoms with E-state index in [-0.39, 0.29) is 281 Å². The van der Waals surface area contributed by atoms with Crippen molar-refractivity contribution in [3.05, 3.63) is 239 Å². The standard InChI is InChI=1S/4C14H12O6S2.8Na/c4*15-21(16,17)13-7-3-1-5-11(13)9-10-12-6-2-4-8-14(12)22(18,19)20;;;;;;;;/h4*1-10H,(H,15,16,17)(H,18,19,20);;;;;;;;/q;;;;8*+1/p-8. The minimum atomic E-state index is -4.66. The number of hydrogen-bond acceptors (Lipinski definition) is 24. The molecule has 0 fully saturated rings. The molecular formula is C56H40Na8O24S8. The van der Waals surface area contributed by atoms with Gasteiger partial charge in [-0.25, -0.2) is 67.3 Å². The summed E-state index contributed by atoms with van der Waals surface area (Å²) in [5.74, 6) is 0. The second-order valence-corrected chi connectivity index (χ2v) is 28.1. The summed E-state index contributed by atoms with van der Waals surface area (Å²) in [5, 5.41) is 0. The maximum atomic E-state index is 11.2. The average molecular weight is 1540 g/mol. The third-order valence-electron chi connectivity index (χ3n) is 11.3. The van der Waals surface area contributed by atoms with E-state index >= 15 is 0 Å². The van der Waals surface area contributed by atoms with Gasteiger partial charge in [-0.15, -0.1) is 0 Å². The van der Waals surface area contributed by atoms with E-state index in [2.05, 4.69) is 0 Å². The number of hydrogen-bond donors (Lipinski definition) is 0. The summed E-state index contributed by atoms with van der Waals surface area (Å²) in [6, 6.07) is 43.9. The Bertz CT molecular complexity index is 4070. The van der Waals surface area contributed by atoms with Crippen LogP contribution in [0.1, 0.15) is 44.5 Å². The predicted molar refractivity (Wildman–Crippen MR) is 311 cm³/mol. The molecule has 0 spiro atoms. The van der Waals surface area contributed by atoms with Crippen molar-refractivity contribution in [1.82, 2.24) is 0 Å². The Morgan fingerprint density at radius 3 is 0.302 bits per heavy atom. The molecule has 8 rings (SSSR count). The van der Waals surface area contributed by atoms with Crippen LogP contribution in [-0.4, -0.2) is 104 Å². The van der Waals surface area contributed by atoms with Crippen molar-refractivity contribution in [1.29, 1.82) is 0 Å². The molecule has 0 aromatic heterocycles. The SMILES string of the molecule is O=S(=O)([O-])c1ccccc1C=Cc1ccccc1S(=O)(=O)[O-].O=S(=O)([O-])c1ccccc1C=Cc1ccccc1S(=O)(=O)[O-].O=S(=O)([O-])c1ccccc1C=Cc1ccccc1S(=O)(=O)[O-].O=S(=O)([O-])c1ccccc1C=Cc1ccccc1S(=O)(=O)[O-].[Na+].[Na+].[Na+].[Na+].[Na+].[Na+].[Na+].[Na+]. The van der Waals surface area contributed by atoms with Crippen molar-refractivity contribution in [3.8, 4) is 0 Å². The largest absolute Gasteiger partial charge is 1.00 e. The number of benzene rings is 8. The van der Waals surface area contributed by atoms with Gasteiger partial charge in [-0.05, 0) is 93.0 Å². The van der Waals surface area contributed by atoms with Gasteiger partial charge in [-0.3, -0.25) is 0 Å². The summed E-state index contributed by atoms with van der Waals surface area (Å²) in [6.45, 7) is 0. The van der Waals surface area contributed by atoms with Crippen LogP contribution in [0.3, 0.4) is 0 Å². The molecule has 0 aliphatic rings. The Hall–Kier alpha value is 0.00000000000000266. The molecular weight excluding hydrogens is 1500 g/mol. The molecule has 8 aromatic rings. The van der Waals surface area contributed by atoms with Crippen molar-refractivity contribution >= 4 is 130 Å². The Kier molecular flexibility index (Phi) is 48.4. The molecule has 0 heterocycles. The van der Waals surface area contributed by atoms with E-state index in [1.165, 1.54) is 194 Å². The van der Waals surface area contributed by atoms with Crippen molar-refractivity contribution < 1.29 is 340 Å². The third kappa shape index (κ3) is 33.4. The summed E-state index contributed by atoms with van der Waals surface area (Å²) in [5.41, 5.74) is 0.856. The van der Waals surface area contributed by atoms with Crippen LogP contribution >= 0.6 is 0 Å². The first-order valence-corrected chi connectivity index (χ1v) is 35.2. The fourth-order valence-electron chi connectivity index (χ4n) is 7.49. The van der Waals surface area contributed by atoms with E-state index in [4.69, 9.17) is 0 Å². The van der Waals surface area contributed by atoms with Crippen LogP contribution in [0.4, 0.5) is 0 Å². The summed E-state index contributed by atoms with van der Waals surface area (Å²) in [4.78, 5) is -3.38. The predicted octanol–water partition coefficient (Wildman–Crippen LogP) is -17.3. The second kappa shape index (κ2) is 45.4. The van der Waals surface area contributed by atoms with Crippen LogP contribution in [0, 0.1) is 0 Å². The first-order valence-electron chi connectivity index (χ1n) is 23.9. The molecule has 0 atom stereocenters. The fraction of sp³-hybridized carbons (Fsp3) is 0. The van der Waals surface area contributed by atoms with Gasteiger partial charge in [0, 0.05) is 0 Å². The zero-order chi connectivity index (χ0) is 65.5. The Morgan fingerprint density at radius 2 is 0.229 bits per heavy atom. The molecule has 40 heteroatoms. The van der Waals surface area contributed by atoms with E-state index < -0.39 is 120 Å². The van der Waals surface area contributed by atoms with Gasteiger partial charge in [0.1, 0.15) is 80.9 Å². The van der Waals surface area contributed by atoms with Crippen molar-refractivity contribution in [3.63, 3.8) is 0 Å². The molecule has 0 aliphatic carbocycles. The first kappa shape index (κ1) is 102. The van der Waals surface area contributed by atoms with Gasteiger partial charge in [0.05, 0.1) is 39.2 Å². The molecule has 0 saturated heterocycles. The van der Waals surface area contributed by atoms with Gasteiger partial charge in [-0.1, -0.05) is 194 Å². The summed E-state index contributed by atoms with van der Waals surface area (Å²) >= 11 is 0. The third-order valence-corrected chi connectivity index (χ3v) is 18.6. The smallest absolute Gasteiger partial charge is 0.744 e. The summed E-state index contributed by atoms with van der Waals surface area (Å²) < 4.78 is 268. The maximum Gasteiger partial charge on any atom is 1.00 e. The van der Waals surface area contributed by atoms with Gasteiger partial charge < -0.3 is 36.4 Å². The zero-order valence-electron chi connectivity index (χ0n) is 52.2.